The van der Waals surface area contributed by atoms with Crippen molar-refractivity contribution in [2.45, 2.75) is 69.5 Å². The van der Waals surface area contributed by atoms with Gasteiger partial charge in [-0.25, -0.2) is 0 Å². The van der Waals surface area contributed by atoms with Gasteiger partial charge in [0.1, 0.15) is 0 Å². The molecule has 0 heterocycles. The molecule has 0 aromatic carbocycles. The molecule has 2 nitrogen and oxygen atoms in total. The minimum Gasteiger partial charge on any atom is -0.499 e. The van der Waals surface area contributed by atoms with Gasteiger partial charge in [0, 0.05) is 11.7 Å². The van der Waals surface area contributed by atoms with Gasteiger partial charge in [-0.1, -0.05) is 23.1 Å². The lowest BCUT2D eigenvalue weighted by atomic mass is 10.2. The van der Waals surface area contributed by atoms with E-state index in [0.717, 1.165) is 0 Å². The average molecular weight is 246 g/mol. The van der Waals surface area contributed by atoms with E-state index in [9.17, 15) is 0 Å². The minimum atomic E-state index is -0.796. The molecule has 0 N–H and O–H groups in total. The van der Waals surface area contributed by atoms with Gasteiger partial charge in [0.2, 0.25) is 0 Å². The van der Waals surface area contributed by atoms with Crippen LogP contribution in [-0.2, 0) is 7.58 Å². The largest absolute Gasteiger partial charge is 0.499 e. The second kappa shape index (κ2) is 9.06. The first-order valence-corrected chi connectivity index (χ1v) is 11.4. The summed E-state index contributed by atoms with van der Waals surface area (Å²) >= 11 is -1.52. The Hall–Kier alpha value is 0.985. The lowest BCUT2D eigenvalue weighted by Crippen LogP contribution is -2.25. The Balaban J connectivity index is 0. The fourth-order valence-electron chi connectivity index (χ4n) is 1.25. The van der Waals surface area contributed by atoms with Crippen molar-refractivity contribution in [2.75, 3.05) is 0 Å². The zero-order valence-corrected chi connectivity index (χ0v) is 14.4. The molecular formula is C11H28Al2O2. The summed E-state index contributed by atoms with van der Waals surface area (Å²) in [6.07, 6.45) is 0.437. The maximum atomic E-state index is 5.58. The van der Waals surface area contributed by atoms with Crippen molar-refractivity contribution in [3.05, 3.63) is 0 Å². The van der Waals surface area contributed by atoms with Crippen LogP contribution in [0.1, 0.15) is 34.6 Å². The predicted molar refractivity (Wildman–Crippen MR) is 72.0 cm³/mol. The van der Waals surface area contributed by atoms with E-state index in [1.807, 2.05) is 0 Å². The van der Waals surface area contributed by atoms with E-state index in [1.54, 1.807) is 0 Å². The quantitative estimate of drug-likeness (QED) is 0.707. The first kappa shape index (κ1) is 18.4. The highest BCUT2D eigenvalue weighted by Gasteiger charge is 2.14. The summed E-state index contributed by atoms with van der Waals surface area (Å²) in [5.74, 6) is 8.73. The molecule has 15 heavy (non-hydrogen) atoms. The molecule has 0 aromatic rings. The van der Waals surface area contributed by atoms with Crippen molar-refractivity contribution in [1.29, 1.82) is 0 Å². The molecule has 0 fully saturated rings. The highest BCUT2D eigenvalue weighted by Crippen LogP contribution is 2.07. The Labute approximate surface area is 106 Å². The molecule has 4 heteroatoms. The normalized spacial score (nSPS) is 10.8. The van der Waals surface area contributed by atoms with Crippen LogP contribution in [0.3, 0.4) is 0 Å². The van der Waals surface area contributed by atoms with Crippen LogP contribution in [0.2, 0.25) is 23.1 Å². The Morgan fingerprint density at radius 2 is 1.27 bits per heavy atom. The van der Waals surface area contributed by atoms with Crippen molar-refractivity contribution >= 4 is 29.0 Å². The van der Waals surface area contributed by atoms with Crippen LogP contribution in [-0.4, -0.2) is 40.7 Å². The molecule has 0 bridgehead atoms. The van der Waals surface area contributed by atoms with Gasteiger partial charge in [-0.15, -0.1) is 0 Å². The van der Waals surface area contributed by atoms with Crippen LogP contribution in [0.5, 0.6) is 0 Å². The van der Waals surface area contributed by atoms with Crippen LogP contribution in [0.25, 0.3) is 0 Å². The lowest BCUT2D eigenvalue weighted by molar-refractivity contribution is 0.132. The van der Waals surface area contributed by atoms with Crippen LogP contribution >= 0.6 is 0 Å². The Morgan fingerprint density at radius 1 is 0.867 bits per heavy atom. The molecule has 0 aliphatic rings. The fraction of sp³-hybridized carbons (Fsp3) is 1.00. The standard InChI is InChI=1S/C4H9O.C3H7O.4CH3.2Al/c1-4(2,3)5;1-3(2)4;;;;;;/h1-3H3;3H,1-2H3;4*1H3;;/q2*-1;;;;;2*+1. The van der Waals surface area contributed by atoms with Gasteiger partial charge in [0.05, 0.1) is 0 Å². The third-order valence-corrected chi connectivity index (χ3v) is 3.40. The minimum absolute atomic E-state index is 0.0837. The summed E-state index contributed by atoms with van der Waals surface area (Å²) in [5.41, 5.74) is 0.0837. The van der Waals surface area contributed by atoms with Crippen molar-refractivity contribution in [3.8, 4) is 0 Å². The highest BCUT2D eigenvalue weighted by atomic mass is 27.2. The molecule has 0 saturated carbocycles. The molecule has 0 unspecified atom stereocenters. The van der Waals surface area contributed by atoms with Gasteiger partial charge >= 0.3 is 29.0 Å². The lowest BCUT2D eigenvalue weighted by Gasteiger charge is -2.22. The third kappa shape index (κ3) is 25.3. The summed E-state index contributed by atoms with van der Waals surface area (Å²) < 4.78 is 11.0. The zero-order chi connectivity index (χ0) is 12.6. The van der Waals surface area contributed by atoms with Crippen molar-refractivity contribution in [1.82, 2.24) is 0 Å². The van der Waals surface area contributed by atoms with E-state index in [-0.39, 0.29) is 5.60 Å². The topological polar surface area (TPSA) is 18.5 Å². The zero-order valence-electron chi connectivity index (χ0n) is 12.0. The first-order valence-electron chi connectivity index (χ1n) is 5.88. The number of rotatable bonds is 3. The third-order valence-electron chi connectivity index (χ3n) is 1.13. The molecular weight excluding hydrogens is 218 g/mol. The highest BCUT2D eigenvalue weighted by molar-refractivity contribution is 6.48. The summed E-state index contributed by atoms with van der Waals surface area (Å²) in [6, 6.07) is 0. The smallest absolute Gasteiger partial charge is 0.454 e. The van der Waals surface area contributed by atoms with E-state index < -0.39 is 29.0 Å². The van der Waals surface area contributed by atoms with E-state index in [2.05, 4.69) is 57.8 Å². The van der Waals surface area contributed by atoms with Crippen LogP contribution < -0.4 is 0 Å². The van der Waals surface area contributed by atoms with E-state index in [0.29, 0.717) is 6.10 Å². The Morgan fingerprint density at radius 3 is 1.27 bits per heavy atom. The van der Waals surface area contributed by atoms with Crippen molar-refractivity contribution < 1.29 is 7.58 Å². The maximum Gasteiger partial charge on any atom is 0.454 e. The maximum absolute atomic E-state index is 5.58. The second-order valence-electron chi connectivity index (χ2n) is 5.51. The molecule has 0 atom stereocenters. The predicted octanol–water partition coefficient (Wildman–Crippen LogP) is 3.72. The molecule has 0 spiro atoms. The molecule has 0 rings (SSSR count). The van der Waals surface area contributed by atoms with Gasteiger partial charge in [-0.05, 0) is 34.6 Å². The van der Waals surface area contributed by atoms with Crippen molar-refractivity contribution in [3.63, 3.8) is 0 Å². The van der Waals surface area contributed by atoms with Gasteiger partial charge in [0.25, 0.3) is 0 Å². The molecule has 0 aliphatic heterocycles. The Kier molecular flexibility index (Phi) is 11.1. The molecule has 90 valence electrons. The molecule has 0 aromatic heterocycles. The van der Waals surface area contributed by atoms with Crippen molar-refractivity contribution in [2.24, 2.45) is 0 Å². The van der Waals surface area contributed by atoms with E-state index in [1.165, 1.54) is 0 Å². The van der Waals surface area contributed by atoms with E-state index in [4.69, 9.17) is 7.58 Å². The molecule has 0 saturated heterocycles. The Bertz CT molecular complexity index is 134. The van der Waals surface area contributed by atoms with Crippen LogP contribution in [0.15, 0.2) is 0 Å². The first-order chi connectivity index (χ1) is 6.54. The van der Waals surface area contributed by atoms with Gasteiger partial charge in [0.15, 0.2) is 0 Å². The van der Waals surface area contributed by atoms with Crippen LogP contribution in [0.4, 0.5) is 0 Å². The SMILES string of the molecule is CC(C)[O][Al]([CH3])[CH3].[CH3][Al]([CH3])[O]C(C)(C)C. The summed E-state index contributed by atoms with van der Waals surface area (Å²) in [7, 11) is 0. The van der Waals surface area contributed by atoms with E-state index >= 15 is 0 Å². The second-order valence-corrected chi connectivity index (χ2v) is 10.2. The number of hydrogen-bond donors (Lipinski definition) is 0. The van der Waals surface area contributed by atoms with Gasteiger partial charge < -0.3 is 7.58 Å². The fourth-order valence-corrected chi connectivity index (χ4v) is 3.75. The summed E-state index contributed by atoms with van der Waals surface area (Å²) in [4.78, 5) is 0. The summed E-state index contributed by atoms with van der Waals surface area (Å²) in [6.45, 7) is 10.4. The average Bonchev–Trinajstić information content (AvgIpc) is 1.76. The summed E-state index contributed by atoms with van der Waals surface area (Å²) in [5, 5.41) is 0. The molecule has 0 aliphatic carbocycles. The van der Waals surface area contributed by atoms with Crippen LogP contribution in [0, 0.1) is 0 Å². The van der Waals surface area contributed by atoms with Gasteiger partial charge in [-0.2, -0.15) is 0 Å². The monoisotopic (exact) mass is 246 g/mol. The van der Waals surface area contributed by atoms with Gasteiger partial charge in [-0.3, -0.25) is 0 Å². The molecule has 0 radical (unpaired) electrons. The molecule has 0 amide bonds. The number of hydrogen-bond acceptors (Lipinski definition) is 2.